The van der Waals surface area contributed by atoms with Crippen LogP contribution in [0.3, 0.4) is 0 Å². The summed E-state index contributed by atoms with van der Waals surface area (Å²) in [5.41, 5.74) is 1.17. The summed E-state index contributed by atoms with van der Waals surface area (Å²) in [4.78, 5) is 9.20. The molecule has 2 nitrogen and oxygen atoms in total. The zero-order chi connectivity index (χ0) is 9.80. The van der Waals surface area contributed by atoms with E-state index in [0.717, 1.165) is 0 Å². The number of hydrogen-bond donors (Lipinski definition) is 0. The first-order valence-electron chi connectivity index (χ1n) is 5.26. The van der Waals surface area contributed by atoms with E-state index in [1.165, 1.54) is 37.8 Å². The first kappa shape index (κ1) is 10.1. The molecule has 0 spiro atoms. The van der Waals surface area contributed by atoms with Crippen LogP contribution in [-0.2, 0) is 0 Å². The molecule has 0 amide bonds. The smallest absolute Gasteiger partial charge is 0.0617 e. The Bertz CT molecular complexity index is 276. The largest absolute Gasteiger partial charge is 0.261 e. The van der Waals surface area contributed by atoms with E-state index >= 15 is 0 Å². The minimum absolute atomic E-state index is 0.607. The molecule has 0 N–H and O–H groups in total. The van der Waals surface area contributed by atoms with Crippen LogP contribution in [0.4, 0.5) is 0 Å². The molecule has 0 bridgehead atoms. The minimum Gasteiger partial charge on any atom is -0.261 e. The van der Waals surface area contributed by atoms with Gasteiger partial charge in [0.1, 0.15) is 0 Å². The van der Waals surface area contributed by atoms with Gasteiger partial charge in [-0.1, -0.05) is 28.8 Å². The van der Waals surface area contributed by atoms with Gasteiger partial charge in [-0.3, -0.25) is 9.97 Å². The van der Waals surface area contributed by atoms with Gasteiger partial charge in [-0.25, -0.2) is 0 Å². The average Bonchev–Trinajstić information content (AvgIpc) is 2.44. The van der Waals surface area contributed by atoms with Crippen molar-refractivity contribution in [2.24, 2.45) is 0 Å². The second-order valence-corrected chi connectivity index (χ2v) is 5.24. The third-order valence-corrected chi connectivity index (χ3v) is 3.69. The van der Waals surface area contributed by atoms with Crippen LogP contribution >= 0.6 is 15.9 Å². The lowest BCUT2D eigenvalue weighted by Gasteiger charge is -2.14. The minimum atomic E-state index is 0.607. The van der Waals surface area contributed by atoms with Crippen LogP contribution < -0.4 is 0 Å². The van der Waals surface area contributed by atoms with Gasteiger partial charge in [0, 0.05) is 29.3 Å². The normalized spacial score (nSPS) is 28.4. The highest BCUT2D eigenvalue weighted by Gasteiger charge is 2.20. The van der Waals surface area contributed by atoms with Crippen LogP contribution in [0.1, 0.15) is 43.7 Å². The lowest BCUT2D eigenvalue weighted by atomic mass is 9.97. The highest BCUT2D eigenvalue weighted by molar-refractivity contribution is 9.09. The molecule has 0 radical (unpaired) electrons. The van der Waals surface area contributed by atoms with Gasteiger partial charge >= 0.3 is 0 Å². The molecule has 76 valence electrons. The maximum Gasteiger partial charge on any atom is 0.0617 e. The van der Waals surface area contributed by atoms with Gasteiger partial charge in [-0.05, 0) is 19.3 Å². The summed E-state index contributed by atoms with van der Waals surface area (Å²) in [5, 5.41) is 0. The molecule has 1 aliphatic rings. The Balaban J connectivity index is 2.09. The summed E-state index contributed by atoms with van der Waals surface area (Å²) in [7, 11) is 0. The Morgan fingerprint density at radius 3 is 2.86 bits per heavy atom. The molecule has 1 aromatic heterocycles. The summed E-state index contributed by atoms with van der Waals surface area (Å²) >= 11 is 3.73. The Morgan fingerprint density at radius 2 is 2.07 bits per heavy atom. The number of rotatable bonds is 1. The van der Waals surface area contributed by atoms with E-state index in [4.69, 9.17) is 0 Å². The fourth-order valence-corrected chi connectivity index (χ4v) is 2.87. The van der Waals surface area contributed by atoms with Crippen molar-refractivity contribution in [2.75, 3.05) is 0 Å². The molecule has 3 heteroatoms. The molecule has 1 fully saturated rings. The molecule has 1 aliphatic carbocycles. The van der Waals surface area contributed by atoms with E-state index in [1.807, 2.05) is 6.20 Å². The van der Waals surface area contributed by atoms with Crippen molar-refractivity contribution >= 4 is 15.9 Å². The van der Waals surface area contributed by atoms with E-state index in [-0.39, 0.29) is 0 Å². The molecule has 1 heterocycles. The van der Waals surface area contributed by atoms with Gasteiger partial charge in [0.2, 0.25) is 0 Å². The molecular weight excluding hydrogens is 240 g/mol. The Kier molecular flexibility index (Phi) is 3.51. The van der Waals surface area contributed by atoms with E-state index in [9.17, 15) is 0 Å². The SMILES string of the molecule is BrC1CCCCC(c2cnccn2)C1. The van der Waals surface area contributed by atoms with Crippen LogP contribution in [0.5, 0.6) is 0 Å². The number of alkyl halides is 1. The molecule has 14 heavy (non-hydrogen) atoms. The predicted octanol–water partition coefficient (Wildman–Crippen LogP) is 3.29. The molecule has 2 rings (SSSR count). The summed E-state index contributed by atoms with van der Waals surface area (Å²) in [6, 6.07) is 0. The number of hydrogen-bond acceptors (Lipinski definition) is 2. The van der Waals surface area contributed by atoms with Gasteiger partial charge in [0.15, 0.2) is 0 Å². The van der Waals surface area contributed by atoms with Gasteiger partial charge in [0.05, 0.1) is 5.69 Å². The second kappa shape index (κ2) is 4.87. The topological polar surface area (TPSA) is 25.8 Å². The standard InChI is InChI=1S/C11H15BrN2/c12-10-4-2-1-3-9(7-10)11-8-13-5-6-14-11/h5-6,8-10H,1-4,7H2. The molecule has 0 saturated heterocycles. The number of halogens is 1. The van der Waals surface area contributed by atoms with Crippen molar-refractivity contribution in [1.82, 2.24) is 9.97 Å². The average molecular weight is 255 g/mol. The van der Waals surface area contributed by atoms with Crippen LogP contribution in [0, 0.1) is 0 Å². The van der Waals surface area contributed by atoms with Crippen molar-refractivity contribution in [3.05, 3.63) is 24.3 Å². The van der Waals surface area contributed by atoms with Crippen LogP contribution in [0.25, 0.3) is 0 Å². The van der Waals surface area contributed by atoms with Crippen LogP contribution in [0.15, 0.2) is 18.6 Å². The highest BCUT2D eigenvalue weighted by atomic mass is 79.9. The van der Waals surface area contributed by atoms with Crippen LogP contribution in [0.2, 0.25) is 0 Å². The van der Waals surface area contributed by atoms with Gasteiger partial charge in [-0.15, -0.1) is 0 Å². The quantitative estimate of drug-likeness (QED) is 0.568. The lowest BCUT2D eigenvalue weighted by Crippen LogP contribution is -2.05. The van der Waals surface area contributed by atoms with Crippen molar-refractivity contribution in [3.8, 4) is 0 Å². The van der Waals surface area contributed by atoms with Crippen LogP contribution in [-0.4, -0.2) is 14.8 Å². The zero-order valence-electron chi connectivity index (χ0n) is 8.19. The Morgan fingerprint density at radius 1 is 1.21 bits per heavy atom. The first-order chi connectivity index (χ1) is 6.86. The number of aromatic nitrogens is 2. The maximum atomic E-state index is 4.40. The summed E-state index contributed by atoms with van der Waals surface area (Å²) in [6.07, 6.45) is 11.9. The summed E-state index contributed by atoms with van der Waals surface area (Å²) in [5.74, 6) is 0.607. The molecule has 1 aromatic rings. The molecule has 2 unspecified atom stereocenters. The fourth-order valence-electron chi connectivity index (χ4n) is 2.09. The molecule has 1 saturated carbocycles. The molecule has 2 atom stereocenters. The lowest BCUT2D eigenvalue weighted by molar-refractivity contribution is 0.582. The van der Waals surface area contributed by atoms with E-state index < -0.39 is 0 Å². The van der Waals surface area contributed by atoms with E-state index in [2.05, 4.69) is 25.9 Å². The Labute approximate surface area is 93.3 Å². The molecular formula is C11H15BrN2. The number of nitrogens with zero attached hydrogens (tertiary/aromatic N) is 2. The fraction of sp³-hybridized carbons (Fsp3) is 0.636. The van der Waals surface area contributed by atoms with Crippen molar-refractivity contribution in [1.29, 1.82) is 0 Å². The third-order valence-electron chi connectivity index (χ3n) is 2.86. The Hall–Kier alpha value is -0.440. The highest BCUT2D eigenvalue weighted by Crippen LogP contribution is 2.33. The van der Waals surface area contributed by atoms with Crippen molar-refractivity contribution in [2.45, 2.75) is 42.8 Å². The van der Waals surface area contributed by atoms with Gasteiger partial charge in [0.25, 0.3) is 0 Å². The monoisotopic (exact) mass is 254 g/mol. The molecule has 0 aromatic carbocycles. The summed E-state index contributed by atoms with van der Waals surface area (Å²) in [6.45, 7) is 0. The molecule has 0 aliphatic heterocycles. The first-order valence-corrected chi connectivity index (χ1v) is 6.18. The predicted molar refractivity (Wildman–Crippen MR) is 60.6 cm³/mol. The van der Waals surface area contributed by atoms with Crippen molar-refractivity contribution < 1.29 is 0 Å². The van der Waals surface area contributed by atoms with Gasteiger partial charge < -0.3 is 0 Å². The van der Waals surface area contributed by atoms with E-state index in [1.54, 1.807) is 12.4 Å². The van der Waals surface area contributed by atoms with Gasteiger partial charge in [-0.2, -0.15) is 0 Å². The third kappa shape index (κ3) is 2.53. The van der Waals surface area contributed by atoms with Crippen molar-refractivity contribution in [3.63, 3.8) is 0 Å². The second-order valence-electron chi connectivity index (χ2n) is 3.94. The maximum absolute atomic E-state index is 4.40. The summed E-state index contributed by atoms with van der Waals surface area (Å²) < 4.78 is 0. The zero-order valence-corrected chi connectivity index (χ0v) is 9.78. The van der Waals surface area contributed by atoms with E-state index in [0.29, 0.717) is 10.7 Å².